The Hall–Kier alpha value is -2.89. The summed E-state index contributed by atoms with van der Waals surface area (Å²) in [6, 6.07) is 38.2. The summed E-state index contributed by atoms with van der Waals surface area (Å²) in [6.07, 6.45) is 10.0. The van der Waals surface area contributed by atoms with Crippen LogP contribution in [0.1, 0.15) is 6.42 Å². The van der Waals surface area contributed by atoms with Crippen LogP contribution in [-0.2, 0) is 26.2 Å². The van der Waals surface area contributed by atoms with Crippen molar-refractivity contribution in [3.05, 3.63) is 133 Å². The molecule has 1 aliphatic carbocycles. The molecule has 0 saturated heterocycles. The molecule has 32 heavy (non-hydrogen) atoms. The molecule has 6 rings (SSSR count). The SMILES string of the molecule is [B](c1ccccc1)c1ccccc1.[C-]1=CC=CC1.[Zr+2].[c-]1cccc2c1[nH]c1ccccc12. The normalized spacial score (nSPS) is 11.1. The largest absolute Gasteiger partial charge is 2.00 e. The molecule has 1 N–H and O–H groups in total. The Morgan fingerprint density at radius 3 is 1.91 bits per heavy atom. The smallest absolute Gasteiger partial charge is 0.378 e. The van der Waals surface area contributed by atoms with Crippen LogP contribution in [0.15, 0.2) is 121 Å². The first-order valence-corrected chi connectivity index (χ1v) is 10.4. The fourth-order valence-electron chi connectivity index (χ4n) is 3.36. The summed E-state index contributed by atoms with van der Waals surface area (Å²) in [7, 11) is 2.17. The maximum atomic E-state index is 3.32. The Morgan fingerprint density at radius 1 is 0.688 bits per heavy atom. The summed E-state index contributed by atoms with van der Waals surface area (Å²) < 4.78 is 0. The molecule has 0 aliphatic heterocycles. The maximum absolute atomic E-state index is 3.32. The molecule has 0 spiro atoms. The van der Waals surface area contributed by atoms with Gasteiger partial charge in [0.2, 0.25) is 0 Å². The van der Waals surface area contributed by atoms with Gasteiger partial charge in [0.1, 0.15) is 0 Å². The van der Waals surface area contributed by atoms with Crippen molar-refractivity contribution in [2.45, 2.75) is 6.42 Å². The van der Waals surface area contributed by atoms with Gasteiger partial charge in [-0.25, -0.2) is 12.2 Å². The van der Waals surface area contributed by atoms with Crippen LogP contribution in [0.2, 0.25) is 0 Å². The van der Waals surface area contributed by atoms with Gasteiger partial charge in [-0.3, -0.25) is 6.08 Å². The zero-order chi connectivity index (χ0) is 21.1. The fraction of sp³-hybridized carbons (Fsp3) is 0.0345. The molecule has 1 radical (unpaired) electrons. The minimum Gasteiger partial charge on any atom is -0.378 e. The molecule has 1 nitrogen and oxygen atoms in total. The summed E-state index contributed by atoms with van der Waals surface area (Å²) in [5, 5.41) is 2.52. The molecule has 4 aromatic carbocycles. The van der Waals surface area contributed by atoms with E-state index in [0.717, 1.165) is 11.9 Å². The van der Waals surface area contributed by atoms with Crippen LogP contribution in [0.25, 0.3) is 21.8 Å². The van der Waals surface area contributed by atoms with E-state index in [9.17, 15) is 0 Å². The number of para-hydroxylation sites is 2. The molecule has 0 fully saturated rings. The number of aromatic nitrogens is 1. The number of allylic oxidation sites excluding steroid dienone is 4. The number of hydrogen-bond donors (Lipinski definition) is 1. The second-order valence-electron chi connectivity index (χ2n) is 7.10. The van der Waals surface area contributed by atoms with Gasteiger partial charge < -0.3 is 4.98 Å². The van der Waals surface area contributed by atoms with Crippen LogP contribution in [-0.4, -0.2) is 12.3 Å². The van der Waals surface area contributed by atoms with E-state index >= 15 is 0 Å². The molecule has 0 unspecified atom stereocenters. The molecule has 1 heterocycles. The number of aromatic amines is 1. The van der Waals surface area contributed by atoms with Gasteiger partial charge in [-0.15, -0.1) is 11.8 Å². The molecular formula is C29H23BNZr. The van der Waals surface area contributed by atoms with E-state index in [1.165, 1.54) is 27.2 Å². The van der Waals surface area contributed by atoms with Gasteiger partial charge >= 0.3 is 26.2 Å². The van der Waals surface area contributed by atoms with E-state index in [1.54, 1.807) is 0 Å². The van der Waals surface area contributed by atoms with Crippen LogP contribution in [0.5, 0.6) is 0 Å². The number of H-pyrrole nitrogens is 1. The standard InChI is InChI=1S/C12H10B.C12H8N.C5H5.Zr/c1-3-7-11(8-4-1)13-12-9-5-2-6-10-12;1-3-7-11-9(5-1)10-6-2-4-8-12(10)13-11;1-2-4-5-3-1;/h1-10H;1-7,13H;1-3H,4H2;/q;2*-1;+2. The average molecular weight is 488 g/mol. The van der Waals surface area contributed by atoms with E-state index in [4.69, 9.17) is 0 Å². The molecule has 5 aromatic rings. The van der Waals surface area contributed by atoms with Crippen LogP contribution < -0.4 is 10.9 Å². The first-order chi connectivity index (χ1) is 15.4. The third kappa shape index (κ3) is 6.81. The topological polar surface area (TPSA) is 15.8 Å². The fourth-order valence-corrected chi connectivity index (χ4v) is 3.36. The van der Waals surface area contributed by atoms with Gasteiger partial charge in [-0.05, 0) is 11.5 Å². The van der Waals surface area contributed by atoms with Gasteiger partial charge in [-0.2, -0.15) is 30.3 Å². The van der Waals surface area contributed by atoms with Gasteiger partial charge in [0, 0.05) is 5.52 Å². The van der Waals surface area contributed by atoms with Crippen molar-refractivity contribution in [3.8, 4) is 0 Å². The first kappa shape index (κ1) is 23.8. The Kier molecular flexibility index (Phi) is 9.54. The Labute approximate surface area is 210 Å². The molecule has 0 amide bonds. The zero-order valence-corrected chi connectivity index (χ0v) is 20.3. The number of fused-ring (bicyclic) bond motifs is 3. The molecular weight excluding hydrogens is 464 g/mol. The number of benzene rings is 4. The quantitative estimate of drug-likeness (QED) is 0.241. The molecule has 0 atom stereocenters. The monoisotopic (exact) mass is 486 g/mol. The van der Waals surface area contributed by atoms with Crippen molar-refractivity contribution in [1.82, 2.24) is 4.98 Å². The van der Waals surface area contributed by atoms with Crippen LogP contribution in [0, 0.1) is 12.1 Å². The van der Waals surface area contributed by atoms with Gasteiger partial charge in [0.15, 0.2) is 7.28 Å². The van der Waals surface area contributed by atoms with Crippen molar-refractivity contribution in [3.63, 3.8) is 0 Å². The minimum atomic E-state index is 0. The summed E-state index contributed by atoms with van der Waals surface area (Å²) in [6.45, 7) is 0. The predicted molar refractivity (Wildman–Crippen MR) is 134 cm³/mol. The first-order valence-electron chi connectivity index (χ1n) is 10.4. The molecule has 151 valence electrons. The van der Waals surface area contributed by atoms with Crippen LogP contribution in [0.4, 0.5) is 0 Å². The Balaban J connectivity index is 0.000000145. The average Bonchev–Trinajstić information content (AvgIpc) is 3.53. The third-order valence-electron chi connectivity index (χ3n) is 4.85. The van der Waals surface area contributed by atoms with Crippen molar-refractivity contribution >= 4 is 40.0 Å². The third-order valence-corrected chi connectivity index (χ3v) is 4.85. The van der Waals surface area contributed by atoms with Crippen molar-refractivity contribution in [2.24, 2.45) is 0 Å². The van der Waals surface area contributed by atoms with Gasteiger partial charge in [-0.1, -0.05) is 95.3 Å². The molecule has 1 aliphatic rings. The molecule has 1 aromatic heterocycles. The van der Waals surface area contributed by atoms with Crippen LogP contribution in [0.3, 0.4) is 0 Å². The van der Waals surface area contributed by atoms with E-state index in [2.05, 4.69) is 103 Å². The summed E-state index contributed by atoms with van der Waals surface area (Å²) >= 11 is 0. The van der Waals surface area contributed by atoms with E-state index in [-0.39, 0.29) is 26.2 Å². The van der Waals surface area contributed by atoms with Gasteiger partial charge in [0.25, 0.3) is 0 Å². The number of hydrogen-bond acceptors (Lipinski definition) is 0. The van der Waals surface area contributed by atoms with E-state index in [1.807, 2.05) is 42.5 Å². The molecule has 0 bridgehead atoms. The molecule has 0 saturated carbocycles. The second-order valence-corrected chi connectivity index (χ2v) is 7.10. The van der Waals surface area contributed by atoms with Crippen molar-refractivity contribution in [1.29, 1.82) is 0 Å². The second kappa shape index (κ2) is 12.8. The van der Waals surface area contributed by atoms with Gasteiger partial charge in [0.05, 0.1) is 0 Å². The Morgan fingerprint density at radius 2 is 1.31 bits per heavy atom. The zero-order valence-electron chi connectivity index (χ0n) is 17.8. The van der Waals surface area contributed by atoms with E-state index < -0.39 is 0 Å². The number of rotatable bonds is 2. The predicted octanol–water partition coefficient (Wildman–Crippen LogP) is 5.77. The summed E-state index contributed by atoms with van der Waals surface area (Å²) in [4.78, 5) is 3.32. The Bertz CT molecular complexity index is 1180. The van der Waals surface area contributed by atoms with Crippen molar-refractivity contribution in [2.75, 3.05) is 0 Å². The summed E-state index contributed by atoms with van der Waals surface area (Å²) in [5.74, 6) is 0. The van der Waals surface area contributed by atoms with Crippen LogP contribution >= 0.6 is 0 Å². The number of nitrogens with one attached hydrogen (secondary N) is 1. The molecule has 3 heteroatoms. The van der Waals surface area contributed by atoms with E-state index in [0.29, 0.717) is 0 Å². The summed E-state index contributed by atoms with van der Waals surface area (Å²) in [5.41, 5.74) is 4.76. The minimum absolute atomic E-state index is 0. The maximum Gasteiger partial charge on any atom is 2.00 e. The van der Waals surface area contributed by atoms with Crippen molar-refractivity contribution < 1.29 is 26.2 Å².